The summed E-state index contributed by atoms with van der Waals surface area (Å²) in [6.07, 6.45) is 4.04. The van der Waals surface area contributed by atoms with Gasteiger partial charge >= 0.3 is 5.97 Å². The summed E-state index contributed by atoms with van der Waals surface area (Å²) in [5, 5.41) is 13.3. The fraction of sp³-hybridized carbons (Fsp3) is 0.400. The highest BCUT2D eigenvalue weighted by atomic mass is 16.4. The largest absolute Gasteiger partial charge is 0.477 e. The molecule has 0 amide bonds. The second-order valence-electron chi connectivity index (χ2n) is 3.59. The first kappa shape index (κ1) is 9.76. The predicted octanol–water partition coefficient (Wildman–Crippen LogP) is 0.803. The van der Waals surface area contributed by atoms with Crippen molar-refractivity contribution in [3.63, 3.8) is 0 Å². The van der Waals surface area contributed by atoms with E-state index in [9.17, 15) is 4.79 Å². The number of hydrogen-bond donors (Lipinski definition) is 1. The minimum atomic E-state index is -0.914. The zero-order valence-electron chi connectivity index (χ0n) is 8.77. The molecule has 0 bridgehead atoms. The van der Waals surface area contributed by atoms with Crippen molar-refractivity contribution in [1.29, 1.82) is 0 Å². The quantitative estimate of drug-likeness (QED) is 0.729. The van der Waals surface area contributed by atoms with Gasteiger partial charge in [0.25, 0.3) is 0 Å². The first-order valence-electron chi connectivity index (χ1n) is 4.78. The molecule has 1 aliphatic rings. The zero-order chi connectivity index (χ0) is 11.0. The third-order valence-corrected chi connectivity index (χ3v) is 2.52. The number of nitrogens with zero attached hydrogens (tertiary/aromatic N) is 3. The third-order valence-electron chi connectivity index (χ3n) is 2.52. The van der Waals surface area contributed by atoms with Gasteiger partial charge in [-0.2, -0.15) is 5.10 Å². The van der Waals surface area contributed by atoms with Crippen molar-refractivity contribution in [3.05, 3.63) is 23.4 Å². The van der Waals surface area contributed by atoms with E-state index in [-0.39, 0.29) is 0 Å². The third kappa shape index (κ3) is 1.49. The summed E-state index contributed by atoms with van der Waals surface area (Å²) in [6, 6.07) is 0. The highest BCUT2D eigenvalue weighted by molar-refractivity contribution is 5.95. The van der Waals surface area contributed by atoms with Gasteiger partial charge in [-0.15, -0.1) is 0 Å². The fourth-order valence-electron chi connectivity index (χ4n) is 1.91. The van der Waals surface area contributed by atoms with Crippen molar-refractivity contribution < 1.29 is 9.90 Å². The van der Waals surface area contributed by atoms with Crippen molar-refractivity contribution in [1.82, 2.24) is 9.78 Å². The molecule has 1 N–H and O–H groups in total. The molecule has 1 aromatic heterocycles. The molecular formula is C10H13N3O2. The van der Waals surface area contributed by atoms with Gasteiger partial charge in [0.05, 0.1) is 5.69 Å². The fourth-order valence-corrected chi connectivity index (χ4v) is 1.91. The first-order valence-corrected chi connectivity index (χ1v) is 4.78. The molecule has 0 saturated carbocycles. The Bertz CT molecular complexity index is 426. The first-order chi connectivity index (χ1) is 7.11. The molecule has 1 aliphatic heterocycles. The number of aromatic carboxylic acids is 1. The maximum Gasteiger partial charge on any atom is 0.341 e. The summed E-state index contributed by atoms with van der Waals surface area (Å²) in [6.45, 7) is 3.22. The van der Waals surface area contributed by atoms with Crippen LogP contribution in [0.1, 0.15) is 16.1 Å². The molecule has 0 fully saturated rings. The number of carbonyl (C=O) groups is 1. The Balaban J connectivity index is 2.48. The Kier molecular flexibility index (Phi) is 2.22. The summed E-state index contributed by atoms with van der Waals surface area (Å²) in [5.74, 6) is -0.229. The van der Waals surface area contributed by atoms with Crippen LogP contribution in [-0.2, 0) is 7.05 Å². The maximum atomic E-state index is 11.1. The van der Waals surface area contributed by atoms with Crippen molar-refractivity contribution in [3.8, 4) is 0 Å². The molecular weight excluding hydrogens is 194 g/mol. The predicted molar refractivity (Wildman–Crippen MR) is 56.3 cm³/mol. The van der Waals surface area contributed by atoms with Crippen molar-refractivity contribution >= 4 is 11.8 Å². The Morgan fingerprint density at radius 1 is 1.47 bits per heavy atom. The van der Waals surface area contributed by atoms with Gasteiger partial charge in [0.15, 0.2) is 0 Å². The van der Waals surface area contributed by atoms with Crippen LogP contribution in [0.2, 0.25) is 0 Å². The minimum absolute atomic E-state index is 0.307. The van der Waals surface area contributed by atoms with Crippen LogP contribution in [0, 0.1) is 6.92 Å². The molecule has 1 aromatic rings. The molecule has 0 atom stereocenters. The van der Waals surface area contributed by atoms with Gasteiger partial charge in [-0.05, 0) is 6.92 Å². The van der Waals surface area contributed by atoms with Crippen LogP contribution < -0.4 is 4.90 Å². The number of carboxylic acids is 1. The van der Waals surface area contributed by atoms with E-state index in [0.29, 0.717) is 17.1 Å². The van der Waals surface area contributed by atoms with E-state index in [1.54, 1.807) is 18.7 Å². The highest BCUT2D eigenvalue weighted by Crippen LogP contribution is 2.24. The lowest BCUT2D eigenvalue weighted by atomic mass is 10.2. The number of rotatable bonds is 2. The van der Waals surface area contributed by atoms with Gasteiger partial charge in [-0.3, -0.25) is 4.68 Å². The normalized spacial score (nSPS) is 14.9. The summed E-state index contributed by atoms with van der Waals surface area (Å²) < 4.78 is 1.63. The van der Waals surface area contributed by atoms with E-state index in [2.05, 4.69) is 5.10 Å². The van der Waals surface area contributed by atoms with E-state index >= 15 is 0 Å². The van der Waals surface area contributed by atoms with Crippen LogP contribution in [0.25, 0.3) is 0 Å². The van der Waals surface area contributed by atoms with E-state index in [4.69, 9.17) is 5.11 Å². The lowest BCUT2D eigenvalue weighted by molar-refractivity contribution is 0.0697. The summed E-state index contributed by atoms with van der Waals surface area (Å²) >= 11 is 0. The lowest BCUT2D eigenvalue weighted by Crippen LogP contribution is -2.23. The second kappa shape index (κ2) is 3.42. The summed E-state index contributed by atoms with van der Waals surface area (Å²) in [5.41, 5.74) is 0.869. The van der Waals surface area contributed by atoms with Crippen LogP contribution in [0.5, 0.6) is 0 Å². The SMILES string of the molecule is Cc1nn(C)c(N2CC=CC2)c1C(=O)O. The molecule has 0 radical (unpaired) electrons. The molecule has 0 saturated heterocycles. The Morgan fingerprint density at radius 3 is 2.60 bits per heavy atom. The molecule has 0 aromatic carbocycles. The Labute approximate surface area is 87.6 Å². The standard InChI is InChI=1S/C10H13N3O2/c1-7-8(10(14)15)9(12(2)11-7)13-5-3-4-6-13/h3-4H,5-6H2,1-2H3,(H,14,15). The number of carboxylic acid groups (broad SMARTS) is 1. The van der Waals surface area contributed by atoms with E-state index in [0.717, 1.165) is 13.1 Å². The lowest BCUT2D eigenvalue weighted by Gasteiger charge is -2.18. The average Bonchev–Trinajstić information content (AvgIpc) is 2.71. The number of aromatic nitrogens is 2. The minimum Gasteiger partial charge on any atom is -0.477 e. The second-order valence-corrected chi connectivity index (χ2v) is 3.59. The molecule has 0 unspecified atom stereocenters. The monoisotopic (exact) mass is 207 g/mol. The van der Waals surface area contributed by atoms with Gasteiger partial charge in [-0.25, -0.2) is 4.79 Å². The highest BCUT2D eigenvalue weighted by Gasteiger charge is 2.24. The maximum absolute atomic E-state index is 11.1. The number of hydrogen-bond acceptors (Lipinski definition) is 3. The zero-order valence-corrected chi connectivity index (χ0v) is 8.77. The van der Waals surface area contributed by atoms with E-state index in [1.165, 1.54) is 0 Å². The molecule has 2 rings (SSSR count). The van der Waals surface area contributed by atoms with Crippen LogP contribution in [0.15, 0.2) is 12.2 Å². The molecule has 5 heteroatoms. The summed E-state index contributed by atoms with van der Waals surface area (Å²) in [7, 11) is 1.77. The molecule has 5 nitrogen and oxygen atoms in total. The average molecular weight is 207 g/mol. The van der Waals surface area contributed by atoms with Crippen LogP contribution in [-0.4, -0.2) is 33.9 Å². The van der Waals surface area contributed by atoms with E-state index < -0.39 is 5.97 Å². The Hall–Kier alpha value is -1.78. The molecule has 0 spiro atoms. The molecule has 0 aliphatic carbocycles. The smallest absolute Gasteiger partial charge is 0.341 e. The van der Waals surface area contributed by atoms with Crippen LogP contribution >= 0.6 is 0 Å². The topological polar surface area (TPSA) is 58.4 Å². The van der Waals surface area contributed by atoms with Gasteiger partial charge in [0, 0.05) is 20.1 Å². The van der Waals surface area contributed by atoms with Crippen LogP contribution in [0.3, 0.4) is 0 Å². The van der Waals surface area contributed by atoms with Crippen LogP contribution in [0.4, 0.5) is 5.82 Å². The molecule has 2 heterocycles. The van der Waals surface area contributed by atoms with Gasteiger partial charge in [0.1, 0.15) is 11.4 Å². The van der Waals surface area contributed by atoms with Gasteiger partial charge in [0.2, 0.25) is 0 Å². The number of anilines is 1. The molecule has 80 valence electrons. The van der Waals surface area contributed by atoms with Gasteiger partial charge in [-0.1, -0.05) is 12.2 Å². The number of aryl methyl sites for hydroxylation is 2. The van der Waals surface area contributed by atoms with Crippen molar-refractivity contribution in [2.24, 2.45) is 7.05 Å². The van der Waals surface area contributed by atoms with Crippen molar-refractivity contribution in [2.45, 2.75) is 6.92 Å². The molecule has 15 heavy (non-hydrogen) atoms. The van der Waals surface area contributed by atoms with Crippen molar-refractivity contribution in [2.75, 3.05) is 18.0 Å². The van der Waals surface area contributed by atoms with Gasteiger partial charge < -0.3 is 10.0 Å². The van der Waals surface area contributed by atoms with E-state index in [1.807, 2.05) is 17.1 Å². The summed E-state index contributed by atoms with van der Waals surface area (Å²) in [4.78, 5) is 13.1. The Morgan fingerprint density at radius 2 is 2.07 bits per heavy atom.